The Balaban J connectivity index is 1.46. The van der Waals surface area contributed by atoms with E-state index in [1.165, 1.54) is 13.2 Å². The van der Waals surface area contributed by atoms with Crippen LogP contribution >= 0.6 is 11.6 Å². The van der Waals surface area contributed by atoms with Crippen molar-refractivity contribution >= 4 is 44.1 Å². The second kappa shape index (κ2) is 11.2. The maximum absolute atomic E-state index is 15.6. The highest BCUT2D eigenvalue weighted by Gasteiger charge is 2.27. The van der Waals surface area contributed by atoms with Gasteiger partial charge in [-0.05, 0) is 50.2 Å². The van der Waals surface area contributed by atoms with Gasteiger partial charge in [-0.3, -0.25) is 14.6 Å². The Labute approximate surface area is 237 Å². The Morgan fingerprint density at radius 1 is 1.22 bits per heavy atom. The number of anilines is 1. The van der Waals surface area contributed by atoms with Crippen LogP contribution in [0.4, 0.5) is 18.9 Å². The van der Waals surface area contributed by atoms with Crippen LogP contribution in [-0.2, 0) is 10.0 Å². The number of halogens is 4. The van der Waals surface area contributed by atoms with Crippen LogP contribution in [0.3, 0.4) is 0 Å². The molecule has 1 saturated heterocycles. The summed E-state index contributed by atoms with van der Waals surface area (Å²) in [5, 5.41) is 9.24. The SMILES string of the molecule is COc1ncc(Cl)cc1S(=O)(=O)Nc1ccc(F)c(-c2ccc3c(C(=O)NCC4CCN(C)C4)n[nH]c3c2F)c1F. The molecule has 1 aliphatic rings. The van der Waals surface area contributed by atoms with Gasteiger partial charge in [0, 0.05) is 30.2 Å². The molecule has 0 bridgehead atoms. The molecule has 1 fully saturated rings. The van der Waals surface area contributed by atoms with E-state index in [0.29, 0.717) is 6.54 Å². The molecule has 0 radical (unpaired) electrons. The first kappa shape index (κ1) is 28.6. The highest BCUT2D eigenvalue weighted by atomic mass is 35.5. The third kappa shape index (κ3) is 5.54. The van der Waals surface area contributed by atoms with Gasteiger partial charge in [-0.2, -0.15) is 5.10 Å². The number of amides is 1. The maximum Gasteiger partial charge on any atom is 0.272 e. The number of sulfonamides is 1. The van der Waals surface area contributed by atoms with Gasteiger partial charge in [-0.15, -0.1) is 0 Å². The molecular weight excluding hydrogens is 585 g/mol. The molecule has 41 heavy (non-hydrogen) atoms. The summed E-state index contributed by atoms with van der Waals surface area (Å²) < 4.78 is 79.1. The molecule has 2 aromatic carbocycles. The summed E-state index contributed by atoms with van der Waals surface area (Å²) >= 11 is 5.87. The first-order chi connectivity index (χ1) is 19.5. The van der Waals surface area contributed by atoms with Gasteiger partial charge in [0.2, 0.25) is 5.88 Å². The van der Waals surface area contributed by atoms with Gasteiger partial charge in [-0.25, -0.2) is 26.6 Å². The number of likely N-dealkylation sites (tertiary alicyclic amines) is 1. The van der Waals surface area contributed by atoms with E-state index in [9.17, 15) is 17.6 Å². The van der Waals surface area contributed by atoms with Crippen LogP contribution < -0.4 is 14.8 Å². The number of carbonyl (C=O) groups is 1. The van der Waals surface area contributed by atoms with Crippen molar-refractivity contribution in [3.63, 3.8) is 0 Å². The van der Waals surface area contributed by atoms with Crippen molar-refractivity contribution in [1.82, 2.24) is 25.4 Å². The fraction of sp³-hybridized carbons (Fsp3) is 0.269. The minimum atomic E-state index is -4.52. The Morgan fingerprint density at radius 3 is 2.71 bits per heavy atom. The number of H-pyrrole nitrogens is 1. The number of fused-ring (bicyclic) bond motifs is 1. The minimum Gasteiger partial charge on any atom is -0.480 e. The molecule has 10 nitrogen and oxygen atoms in total. The van der Waals surface area contributed by atoms with Crippen LogP contribution in [0.1, 0.15) is 16.9 Å². The van der Waals surface area contributed by atoms with Crippen LogP contribution in [0.15, 0.2) is 41.4 Å². The number of nitrogens with zero attached hydrogens (tertiary/aromatic N) is 3. The van der Waals surface area contributed by atoms with E-state index in [-0.39, 0.29) is 33.4 Å². The number of aromatic amines is 1. The first-order valence-corrected chi connectivity index (χ1v) is 14.2. The molecular formula is C26H24ClF3N6O4S. The molecule has 3 N–H and O–H groups in total. The summed E-state index contributed by atoms with van der Waals surface area (Å²) in [5.41, 5.74) is -2.31. The first-order valence-electron chi connectivity index (χ1n) is 12.3. The summed E-state index contributed by atoms with van der Waals surface area (Å²) in [6.07, 6.45) is 2.10. The molecule has 0 aliphatic carbocycles. The Bertz CT molecular complexity index is 1770. The standard InChI is InChI=1S/C26H24ClF3N6O4S/c1-36-8-7-13(12-36)10-31-25(37)24-16-4-3-15(21(29)23(16)33-34-24)20-17(28)5-6-18(22(20)30)35-41(38,39)19-9-14(27)11-32-26(19)40-2/h3-6,9,11,13,35H,7-8,10,12H2,1-2H3,(H,31,37)(H,33,34). The fourth-order valence-electron chi connectivity index (χ4n) is 4.77. The largest absolute Gasteiger partial charge is 0.480 e. The number of ether oxygens (including phenoxy) is 1. The average molecular weight is 609 g/mol. The van der Waals surface area contributed by atoms with E-state index in [4.69, 9.17) is 16.3 Å². The van der Waals surface area contributed by atoms with Gasteiger partial charge in [0.05, 0.1) is 23.4 Å². The molecule has 4 aromatic rings. The van der Waals surface area contributed by atoms with E-state index < -0.39 is 55.1 Å². The smallest absolute Gasteiger partial charge is 0.272 e. The monoisotopic (exact) mass is 608 g/mol. The van der Waals surface area contributed by atoms with Gasteiger partial charge in [0.25, 0.3) is 15.9 Å². The second-order valence-electron chi connectivity index (χ2n) is 9.60. The lowest BCUT2D eigenvalue weighted by molar-refractivity contribution is 0.0944. The van der Waals surface area contributed by atoms with Gasteiger partial charge >= 0.3 is 0 Å². The van der Waals surface area contributed by atoms with Crippen molar-refractivity contribution < 1.29 is 31.1 Å². The van der Waals surface area contributed by atoms with E-state index in [2.05, 4.69) is 25.4 Å². The lowest BCUT2D eigenvalue weighted by atomic mass is 10.0. The predicted molar refractivity (Wildman–Crippen MR) is 146 cm³/mol. The van der Waals surface area contributed by atoms with E-state index in [0.717, 1.165) is 50.0 Å². The Kier molecular flexibility index (Phi) is 7.81. The van der Waals surface area contributed by atoms with Crippen LogP contribution in [0.2, 0.25) is 5.02 Å². The normalized spacial score (nSPS) is 15.8. The van der Waals surface area contributed by atoms with Crippen LogP contribution in [0.25, 0.3) is 22.0 Å². The molecule has 1 aliphatic heterocycles. The molecule has 1 atom stereocenters. The van der Waals surface area contributed by atoms with E-state index >= 15 is 8.78 Å². The van der Waals surface area contributed by atoms with Crippen molar-refractivity contribution in [2.75, 3.05) is 38.5 Å². The number of pyridine rings is 1. The average Bonchev–Trinajstić information content (AvgIpc) is 3.56. The summed E-state index contributed by atoms with van der Waals surface area (Å²) in [6.45, 7) is 2.20. The number of nitrogens with one attached hydrogen (secondary N) is 3. The topological polar surface area (TPSA) is 129 Å². The van der Waals surface area contributed by atoms with Crippen molar-refractivity contribution in [3.05, 3.63) is 64.7 Å². The fourth-order valence-corrected chi connectivity index (χ4v) is 6.19. The third-order valence-corrected chi connectivity index (χ3v) is 8.37. The van der Waals surface area contributed by atoms with Crippen molar-refractivity contribution in [3.8, 4) is 17.0 Å². The lowest BCUT2D eigenvalue weighted by Crippen LogP contribution is -2.30. The van der Waals surface area contributed by atoms with E-state index in [1.54, 1.807) is 0 Å². The molecule has 5 rings (SSSR count). The van der Waals surface area contributed by atoms with Crippen molar-refractivity contribution in [2.45, 2.75) is 11.3 Å². The van der Waals surface area contributed by atoms with Gasteiger partial charge in [0.1, 0.15) is 11.3 Å². The molecule has 1 unspecified atom stereocenters. The number of carbonyl (C=O) groups excluding carboxylic acids is 1. The highest BCUT2D eigenvalue weighted by Crippen LogP contribution is 2.36. The molecule has 1 amide bonds. The van der Waals surface area contributed by atoms with Gasteiger partial charge < -0.3 is 15.0 Å². The third-order valence-electron chi connectivity index (χ3n) is 6.80. The summed E-state index contributed by atoms with van der Waals surface area (Å²) in [4.78, 5) is 18.2. The lowest BCUT2D eigenvalue weighted by Gasteiger charge is -2.14. The minimum absolute atomic E-state index is 0.0273. The predicted octanol–water partition coefficient (Wildman–Crippen LogP) is 4.19. The zero-order valence-electron chi connectivity index (χ0n) is 21.8. The second-order valence-corrected chi connectivity index (χ2v) is 11.7. The maximum atomic E-state index is 15.6. The van der Waals surface area contributed by atoms with Crippen LogP contribution in [0.5, 0.6) is 5.88 Å². The van der Waals surface area contributed by atoms with Crippen LogP contribution in [0, 0.1) is 23.4 Å². The number of rotatable bonds is 8. The number of aromatic nitrogens is 3. The zero-order chi connectivity index (χ0) is 29.5. The quantitative estimate of drug-likeness (QED) is 0.274. The Morgan fingerprint density at radius 2 is 2.00 bits per heavy atom. The molecule has 0 saturated carbocycles. The number of methoxy groups -OCH3 is 1. The van der Waals surface area contributed by atoms with Crippen molar-refractivity contribution in [1.29, 1.82) is 0 Å². The number of hydrogen-bond acceptors (Lipinski definition) is 7. The summed E-state index contributed by atoms with van der Waals surface area (Å²) in [5.74, 6) is -4.15. The molecule has 2 aromatic heterocycles. The number of benzene rings is 2. The highest BCUT2D eigenvalue weighted by molar-refractivity contribution is 7.92. The summed E-state index contributed by atoms with van der Waals surface area (Å²) in [6, 6.07) is 5.10. The van der Waals surface area contributed by atoms with E-state index in [1.807, 2.05) is 11.8 Å². The van der Waals surface area contributed by atoms with Gasteiger partial charge in [-0.1, -0.05) is 17.7 Å². The van der Waals surface area contributed by atoms with Crippen molar-refractivity contribution in [2.24, 2.45) is 5.92 Å². The molecule has 3 heterocycles. The van der Waals surface area contributed by atoms with Crippen LogP contribution in [-0.4, -0.2) is 68.2 Å². The molecule has 15 heteroatoms. The molecule has 216 valence electrons. The Hall–Kier alpha value is -3.88. The van der Waals surface area contributed by atoms with Gasteiger partial charge in [0.15, 0.2) is 22.2 Å². The zero-order valence-corrected chi connectivity index (χ0v) is 23.3. The summed E-state index contributed by atoms with van der Waals surface area (Å²) in [7, 11) is -1.34. The molecule has 0 spiro atoms. The number of hydrogen-bond donors (Lipinski definition) is 3.